The molecule has 0 atom stereocenters. The Morgan fingerprint density at radius 1 is 1.06 bits per heavy atom. The fourth-order valence-electron chi connectivity index (χ4n) is 1.69. The summed E-state index contributed by atoms with van der Waals surface area (Å²) >= 11 is 0. The molecule has 0 saturated heterocycles. The molecule has 0 spiro atoms. The predicted octanol–water partition coefficient (Wildman–Crippen LogP) is 4.74. The van der Waals surface area contributed by atoms with Gasteiger partial charge in [-0.3, -0.25) is 0 Å². The zero-order chi connectivity index (χ0) is 13.3. The van der Waals surface area contributed by atoms with E-state index in [-0.39, 0.29) is 0 Å². The summed E-state index contributed by atoms with van der Waals surface area (Å²) in [6.45, 7) is 8.80. The van der Waals surface area contributed by atoms with E-state index in [1.807, 2.05) is 0 Å². The van der Waals surface area contributed by atoms with Crippen molar-refractivity contribution in [3.8, 4) is 0 Å². The van der Waals surface area contributed by atoms with Crippen LogP contribution < -0.4 is 0 Å². The molecule has 0 heterocycles. The van der Waals surface area contributed by atoms with Crippen LogP contribution in [0.15, 0.2) is 30.9 Å². The number of rotatable bonds is 2. The first-order valence-corrected chi connectivity index (χ1v) is 5.34. The van der Waals surface area contributed by atoms with Crippen LogP contribution >= 0.6 is 0 Å². The Bertz CT molecular complexity index is 408. The Morgan fingerprint density at radius 3 is 2.06 bits per heavy atom. The zero-order valence-electron chi connectivity index (χ0n) is 10.2. The number of hydrogen-bond acceptors (Lipinski definition) is 0. The first-order chi connectivity index (χ1) is 7.66. The molecule has 0 unspecified atom stereocenters. The second-order valence-electron chi connectivity index (χ2n) is 4.96. The third-order valence-electron chi connectivity index (χ3n) is 2.47. The summed E-state index contributed by atoms with van der Waals surface area (Å²) in [5.74, 6) is 0. The summed E-state index contributed by atoms with van der Waals surface area (Å²) in [5.41, 5.74) is -0.274. The first-order valence-electron chi connectivity index (χ1n) is 5.34. The molecule has 0 nitrogen and oxygen atoms in total. The van der Waals surface area contributed by atoms with Crippen LogP contribution in [0.1, 0.15) is 37.5 Å². The molecule has 3 heteroatoms. The lowest BCUT2D eigenvalue weighted by Gasteiger charge is -2.24. The van der Waals surface area contributed by atoms with E-state index in [0.717, 1.165) is 0 Å². The highest BCUT2D eigenvalue weighted by molar-refractivity contribution is 5.41. The molecule has 0 amide bonds. The van der Waals surface area contributed by atoms with Crippen molar-refractivity contribution in [2.75, 3.05) is 0 Å². The SMILES string of the molecule is C=C[CH]c1ccc(C(C)(C)C)c(C(F)(F)F)c1. The molecule has 0 N–H and O–H groups in total. The standard InChI is InChI=1S/C14H16F3/c1-5-6-10-7-8-11(13(2,3)4)12(9-10)14(15,16)17/h5-9H,1H2,2-4H3. The highest BCUT2D eigenvalue weighted by atomic mass is 19.4. The smallest absolute Gasteiger partial charge is 0.166 e. The van der Waals surface area contributed by atoms with Gasteiger partial charge < -0.3 is 0 Å². The summed E-state index contributed by atoms with van der Waals surface area (Å²) in [5, 5.41) is 0. The Morgan fingerprint density at radius 2 is 1.65 bits per heavy atom. The monoisotopic (exact) mass is 241 g/mol. The normalized spacial score (nSPS) is 12.6. The van der Waals surface area contributed by atoms with Crippen molar-refractivity contribution in [3.05, 3.63) is 54.0 Å². The average molecular weight is 241 g/mol. The quantitative estimate of drug-likeness (QED) is 0.701. The second kappa shape index (κ2) is 4.55. The molecule has 0 aliphatic heterocycles. The molecular weight excluding hydrogens is 225 g/mol. The topological polar surface area (TPSA) is 0 Å². The summed E-state index contributed by atoms with van der Waals surface area (Å²) in [6, 6.07) is 4.39. The second-order valence-corrected chi connectivity index (χ2v) is 4.96. The Kier molecular flexibility index (Phi) is 3.70. The summed E-state index contributed by atoms with van der Waals surface area (Å²) in [7, 11) is 0. The Hall–Kier alpha value is -1.25. The van der Waals surface area contributed by atoms with E-state index in [2.05, 4.69) is 6.58 Å². The minimum absolute atomic E-state index is 0.311. The van der Waals surface area contributed by atoms with Crippen LogP contribution in [0.2, 0.25) is 0 Å². The molecule has 1 rings (SSSR count). The van der Waals surface area contributed by atoms with Crippen molar-refractivity contribution >= 4 is 0 Å². The van der Waals surface area contributed by atoms with Crippen molar-refractivity contribution < 1.29 is 13.2 Å². The molecule has 0 fully saturated rings. The van der Waals surface area contributed by atoms with Crippen LogP contribution in [0.5, 0.6) is 0 Å². The maximum absolute atomic E-state index is 13.0. The molecule has 1 radical (unpaired) electrons. The van der Waals surface area contributed by atoms with Crippen molar-refractivity contribution in [1.82, 2.24) is 0 Å². The Labute approximate surface area is 100 Å². The third-order valence-corrected chi connectivity index (χ3v) is 2.47. The predicted molar refractivity (Wildman–Crippen MR) is 63.7 cm³/mol. The largest absolute Gasteiger partial charge is 0.416 e. The molecule has 0 saturated carbocycles. The van der Waals surface area contributed by atoms with Crippen molar-refractivity contribution in [3.63, 3.8) is 0 Å². The lowest BCUT2D eigenvalue weighted by Crippen LogP contribution is -2.19. The van der Waals surface area contributed by atoms with E-state index in [1.54, 1.807) is 33.3 Å². The van der Waals surface area contributed by atoms with E-state index in [4.69, 9.17) is 0 Å². The summed E-state index contributed by atoms with van der Waals surface area (Å²) in [4.78, 5) is 0. The first kappa shape index (κ1) is 13.8. The van der Waals surface area contributed by atoms with Crippen molar-refractivity contribution in [2.45, 2.75) is 32.4 Å². The van der Waals surface area contributed by atoms with Gasteiger partial charge in [0.25, 0.3) is 0 Å². The van der Waals surface area contributed by atoms with Gasteiger partial charge in [0, 0.05) is 6.42 Å². The molecule has 0 bridgehead atoms. The summed E-state index contributed by atoms with van der Waals surface area (Å²) < 4.78 is 38.9. The van der Waals surface area contributed by atoms with Gasteiger partial charge in [-0.2, -0.15) is 13.2 Å². The van der Waals surface area contributed by atoms with Crippen molar-refractivity contribution in [2.24, 2.45) is 0 Å². The van der Waals surface area contributed by atoms with Gasteiger partial charge in [-0.15, -0.1) is 6.58 Å². The van der Waals surface area contributed by atoms with E-state index < -0.39 is 17.2 Å². The highest BCUT2D eigenvalue weighted by Crippen LogP contribution is 2.38. The number of benzene rings is 1. The van der Waals surface area contributed by atoms with E-state index >= 15 is 0 Å². The molecule has 17 heavy (non-hydrogen) atoms. The molecular formula is C14H16F3. The van der Waals surface area contributed by atoms with E-state index in [0.29, 0.717) is 11.1 Å². The maximum Gasteiger partial charge on any atom is 0.416 e. The van der Waals surface area contributed by atoms with Crippen LogP contribution in [0.25, 0.3) is 0 Å². The van der Waals surface area contributed by atoms with Gasteiger partial charge in [0.1, 0.15) is 0 Å². The van der Waals surface area contributed by atoms with Gasteiger partial charge in [0.2, 0.25) is 0 Å². The molecule has 1 aromatic rings. The average Bonchev–Trinajstić information content (AvgIpc) is 2.15. The lowest BCUT2D eigenvalue weighted by molar-refractivity contribution is -0.138. The van der Waals surface area contributed by atoms with E-state index in [9.17, 15) is 13.2 Å². The number of hydrogen-bond donors (Lipinski definition) is 0. The number of allylic oxidation sites excluding steroid dienone is 1. The van der Waals surface area contributed by atoms with Crippen LogP contribution in [0, 0.1) is 6.42 Å². The molecule has 0 aliphatic rings. The van der Waals surface area contributed by atoms with Gasteiger partial charge in [-0.1, -0.05) is 39.0 Å². The van der Waals surface area contributed by atoms with Crippen LogP contribution in [0.3, 0.4) is 0 Å². The fraction of sp³-hybridized carbons (Fsp3) is 0.357. The molecule has 0 aliphatic carbocycles. The number of alkyl halides is 3. The van der Waals surface area contributed by atoms with E-state index in [1.165, 1.54) is 18.2 Å². The minimum atomic E-state index is -4.33. The lowest BCUT2D eigenvalue weighted by atomic mass is 9.82. The minimum Gasteiger partial charge on any atom is -0.166 e. The molecule has 93 valence electrons. The van der Waals surface area contributed by atoms with Gasteiger partial charge in [0.05, 0.1) is 5.56 Å². The maximum atomic E-state index is 13.0. The van der Waals surface area contributed by atoms with Crippen LogP contribution in [0.4, 0.5) is 13.2 Å². The highest BCUT2D eigenvalue weighted by Gasteiger charge is 2.36. The summed E-state index contributed by atoms with van der Waals surface area (Å²) in [6.07, 6.45) is -1.29. The van der Waals surface area contributed by atoms with Gasteiger partial charge in [-0.05, 0) is 22.6 Å². The van der Waals surface area contributed by atoms with Crippen LogP contribution in [-0.2, 0) is 11.6 Å². The fourth-order valence-corrected chi connectivity index (χ4v) is 1.69. The van der Waals surface area contributed by atoms with Crippen molar-refractivity contribution in [1.29, 1.82) is 0 Å². The van der Waals surface area contributed by atoms with Gasteiger partial charge in [0.15, 0.2) is 0 Å². The van der Waals surface area contributed by atoms with Gasteiger partial charge >= 0.3 is 6.18 Å². The zero-order valence-corrected chi connectivity index (χ0v) is 10.2. The van der Waals surface area contributed by atoms with Gasteiger partial charge in [-0.25, -0.2) is 0 Å². The third kappa shape index (κ3) is 3.35. The molecule has 0 aromatic heterocycles. The molecule has 1 aromatic carbocycles. The number of halogens is 3. The van der Waals surface area contributed by atoms with Crippen LogP contribution in [-0.4, -0.2) is 0 Å². The Balaban J connectivity index is 3.37.